The number of carbonyl (C=O) groups excluding carboxylic acids is 2. The van der Waals surface area contributed by atoms with Crippen LogP contribution in [0.4, 0.5) is 13.6 Å². The van der Waals surface area contributed by atoms with Gasteiger partial charge in [-0.3, -0.25) is 9.69 Å². The SMILES string of the molecule is CC(C)(C)OC(=O)N1C[C@H](F)C[C@H]1C(=O)N[C@@H](c1ccccc1)c1ccc(C2CC2)c(F)n1. The highest BCUT2D eigenvalue weighted by Gasteiger charge is 2.42. The second-order valence-electron chi connectivity index (χ2n) is 9.72. The fourth-order valence-corrected chi connectivity index (χ4v) is 4.09. The van der Waals surface area contributed by atoms with E-state index in [0.717, 1.165) is 17.7 Å². The maximum Gasteiger partial charge on any atom is 0.411 e. The lowest BCUT2D eigenvalue weighted by atomic mass is 10.0. The molecule has 1 aromatic heterocycles. The molecule has 1 aliphatic heterocycles. The van der Waals surface area contributed by atoms with Crippen molar-refractivity contribution in [2.24, 2.45) is 0 Å². The van der Waals surface area contributed by atoms with Gasteiger partial charge >= 0.3 is 6.09 Å². The molecular weight excluding hydrogens is 428 g/mol. The summed E-state index contributed by atoms with van der Waals surface area (Å²) < 4.78 is 34.3. The molecule has 1 saturated heterocycles. The Hall–Kier alpha value is -3.03. The van der Waals surface area contributed by atoms with E-state index in [4.69, 9.17) is 4.74 Å². The molecule has 4 rings (SSSR count). The largest absolute Gasteiger partial charge is 0.444 e. The van der Waals surface area contributed by atoms with Gasteiger partial charge in [0.25, 0.3) is 0 Å². The van der Waals surface area contributed by atoms with Crippen LogP contribution >= 0.6 is 0 Å². The van der Waals surface area contributed by atoms with Gasteiger partial charge < -0.3 is 10.1 Å². The van der Waals surface area contributed by atoms with Crippen molar-refractivity contribution in [1.82, 2.24) is 15.2 Å². The number of alkyl halides is 1. The van der Waals surface area contributed by atoms with E-state index in [0.29, 0.717) is 16.8 Å². The van der Waals surface area contributed by atoms with Gasteiger partial charge in [0.1, 0.15) is 17.8 Å². The highest BCUT2D eigenvalue weighted by Crippen LogP contribution is 2.41. The zero-order chi connectivity index (χ0) is 23.8. The van der Waals surface area contributed by atoms with Crippen LogP contribution in [0.15, 0.2) is 42.5 Å². The van der Waals surface area contributed by atoms with Gasteiger partial charge in [-0.05, 0) is 51.2 Å². The van der Waals surface area contributed by atoms with Crippen molar-refractivity contribution in [2.75, 3.05) is 6.54 Å². The first kappa shape index (κ1) is 23.1. The monoisotopic (exact) mass is 457 g/mol. The van der Waals surface area contributed by atoms with Gasteiger partial charge in [0, 0.05) is 12.0 Å². The number of hydrogen-bond acceptors (Lipinski definition) is 4. The third-order valence-electron chi connectivity index (χ3n) is 5.81. The van der Waals surface area contributed by atoms with E-state index in [1.165, 1.54) is 0 Å². The van der Waals surface area contributed by atoms with E-state index >= 15 is 0 Å². The van der Waals surface area contributed by atoms with Crippen molar-refractivity contribution in [3.05, 3.63) is 65.2 Å². The molecule has 1 N–H and O–H groups in total. The number of benzene rings is 1. The average molecular weight is 458 g/mol. The van der Waals surface area contributed by atoms with E-state index in [1.807, 2.05) is 18.2 Å². The first-order chi connectivity index (χ1) is 15.6. The summed E-state index contributed by atoms with van der Waals surface area (Å²) in [5.74, 6) is -0.868. The summed E-state index contributed by atoms with van der Waals surface area (Å²) in [7, 11) is 0. The fraction of sp³-hybridized carbons (Fsp3) is 0.480. The van der Waals surface area contributed by atoms with Gasteiger partial charge in [0.2, 0.25) is 11.9 Å². The van der Waals surface area contributed by atoms with Gasteiger partial charge in [-0.2, -0.15) is 4.39 Å². The molecule has 0 radical (unpaired) electrons. The zero-order valence-corrected chi connectivity index (χ0v) is 19.1. The molecule has 1 aromatic carbocycles. The fourth-order valence-electron chi connectivity index (χ4n) is 4.09. The summed E-state index contributed by atoms with van der Waals surface area (Å²) in [6.45, 7) is 4.91. The Labute approximate surface area is 192 Å². The standard InChI is InChI=1S/C25H29F2N3O3/c1-25(2,3)33-24(32)30-14-17(26)13-20(30)23(31)29-21(16-7-5-4-6-8-16)19-12-11-18(15-9-10-15)22(27)28-19/h4-8,11-12,15,17,20-21H,9-10,13-14H2,1-3H3,(H,29,31)/t17-,20+,21+/m1/s1. The molecule has 3 atom stereocenters. The maximum absolute atomic E-state index is 14.7. The summed E-state index contributed by atoms with van der Waals surface area (Å²) in [6, 6.07) is 10.7. The smallest absolute Gasteiger partial charge is 0.411 e. The molecule has 2 fully saturated rings. The topological polar surface area (TPSA) is 71.5 Å². The van der Waals surface area contributed by atoms with Crippen molar-refractivity contribution >= 4 is 12.0 Å². The minimum atomic E-state index is -1.34. The van der Waals surface area contributed by atoms with E-state index in [9.17, 15) is 18.4 Å². The Morgan fingerprint density at radius 1 is 1.15 bits per heavy atom. The quantitative estimate of drug-likeness (QED) is 0.664. The second-order valence-corrected chi connectivity index (χ2v) is 9.72. The number of pyridine rings is 1. The van der Waals surface area contributed by atoms with Crippen LogP contribution in [0.2, 0.25) is 0 Å². The second kappa shape index (κ2) is 9.08. The molecule has 2 aromatic rings. The van der Waals surface area contributed by atoms with Crippen molar-refractivity contribution in [1.29, 1.82) is 0 Å². The van der Waals surface area contributed by atoms with Crippen LogP contribution < -0.4 is 5.32 Å². The Morgan fingerprint density at radius 2 is 1.85 bits per heavy atom. The Morgan fingerprint density at radius 3 is 2.45 bits per heavy atom. The summed E-state index contributed by atoms with van der Waals surface area (Å²) >= 11 is 0. The van der Waals surface area contributed by atoms with Crippen LogP contribution in [0.1, 0.15) is 68.8 Å². The number of halogens is 2. The number of ether oxygens (including phenoxy) is 1. The third kappa shape index (κ3) is 5.49. The molecule has 176 valence electrons. The first-order valence-electron chi connectivity index (χ1n) is 11.3. The molecule has 1 aliphatic carbocycles. The van der Waals surface area contributed by atoms with Crippen LogP contribution in [0.5, 0.6) is 0 Å². The molecular formula is C25H29F2N3O3. The van der Waals surface area contributed by atoms with E-state index in [1.54, 1.807) is 45.0 Å². The highest BCUT2D eigenvalue weighted by molar-refractivity contribution is 5.87. The minimum absolute atomic E-state index is 0.130. The Bertz CT molecular complexity index is 1020. The number of amides is 2. The highest BCUT2D eigenvalue weighted by atomic mass is 19.1. The van der Waals surface area contributed by atoms with Gasteiger partial charge in [-0.1, -0.05) is 36.4 Å². The van der Waals surface area contributed by atoms with Gasteiger partial charge in [0.05, 0.1) is 18.3 Å². The van der Waals surface area contributed by atoms with Crippen molar-refractivity contribution in [3.63, 3.8) is 0 Å². The van der Waals surface area contributed by atoms with Gasteiger partial charge in [-0.15, -0.1) is 0 Å². The lowest BCUT2D eigenvalue weighted by Crippen LogP contribution is -2.48. The first-order valence-corrected chi connectivity index (χ1v) is 11.3. The van der Waals surface area contributed by atoms with Gasteiger partial charge in [-0.25, -0.2) is 14.2 Å². The molecule has 0 bridgehead atoms. The minimum Gasteiger partial charge on any atom is -0.444 e. The average Bonchev–Trinajstić information content (AvgIpc) is 3.51. The third-order valence-corrected chi connectivity index (χ3v) is 5.81. The van der Waals surface area contributed by atoms with Crippen LogP contribution in [-0.4, -0.2) is 46.2 Å². The number of nitrogens with zero attached hydrogens (tertiary/aromatic N) is 2. The molecule has 2 amide bonds. The molecule has 33 heavy (non-hydrogen) atoms. The van der Waals surface area contributed by atoms with Gasteiger partial charge in [0.15, 0.2) is 0 Å². The molecule has 2 heterocycles. The van der Waals surface area contributed by atoms with Crippen molar-refractivity contribution < 1.29 is 23.1 Å². The normalized spacial score (nSPS) is 21.5. The summed E-state index contributed by atoms with van der Waals surface area (Å²) in [5.41, 5.74) is 0.860. The number of hydrogen-bond donors (Lipinski definition) is 1. The van der Waals surface area contributed by atoms with E-state index in [2.05, 4.69) is 10.3 Å². The maximum atomic E-state index is 14.7. The molecule has 2 aliphatic rings. The lowest BCUT2D eigenvalue weighted by molar-refractivity contribution is -0.126. The van der Waals surface area contributed by atoms with Crippen molar-refractivity contribution in [2.45, 2.75) is 69.8 Å². The van der Waals surface area contributed by atoms with Crippen molar-refractivity contribution in [3.8, 4) is 0 Å². The molecule has 0 unspecified atom stereocenters. The Balaban J connectivity index is 1.59. The van der Waals surface area contributed by atoms with Crippen LogP contribution in [-0.2, 0) is 9.53 Å². The summed E-state index contributed by atoms with van der Waals surface area (Å²) in [5, 5.41) is 2.87. The number of likely N-dealkylation sites (tertiary alicyclic amines) is 1. The van der Waals surface area contributed by atoms with E-state index in [-0.39, 0.29) is 18.9 Å². The van der Waals surface area contributed by atoms with Crippen LogP contribution in [0, 0.1) is 5.95 Å². The lowest BCUT2D eigenvalue weighted by Gasteiger charge is -2.29. The molecule has 1 saturated carbocycles. The van der Waals surface area contributed by atoms with Crippen LogP contribution in [0.3, 0.4) is 0 Å². The predicted molar refractivity (Wildman–Crippen MR) is 119 cm³/mol. The molecule has 6 nitrogen and oxygen atoms in total. The predicted octanol–water partition coefficient (Wildman–Crippen LogP) is 4.65. The number of nitrogens with one attached hydrogen (secondary N) is 1. The summed E-state index contributed by atoms with van der Waals surface area (Å²) in [4.78, 5) is 31.1. The number of carbonyl (C=O) groups is 2. The number of rotatable bonds is 5. The molecule has 0 spiro atoms. The Kier molecular flexibility index (Phi) is 6.36. The number of aromatic nitrogens is 1. The zero-order valence-electron chi connectivity index (χ0n) is 19.1. The molecule has 8 heteroatoms. The van der Waals surface area contributed by atoms with E-state index < -0.39 is 41.8 Å². The summed E-state index contributed by atoms with van der Waals surface area (Å²) in [6.07, 6.45) is -0.310. The van der Waals surface area contributed by atoms with Crippen LogP contribution in [0.25, 0.3) is 0 Å².